The summed E-state index contributed by atoms with van der Waals surface area (Å²) in [6, 6.07) is 2.13. The Bertz CT molecular complexity index is 422. The van der Waals surface area contributed by atoms with Gasteiger partial charge in [0.2, 0.25) is 0 Å². The Kier molecular flexibility index (Phi) is 3.51. The summed E-state index contributed by atoms with van der Waals surface area (Å²) in [4.78, 5) is 2.20. The summed E-state index contributed by atoms with van der Waals surface area (Å²) in [5, 5.41) is 16.2. The first kappa shape index (κ1) is 12.2. The van der Waals surface area contributed by atoms with Gasteiger partial charge in [0.05, 0.1) is 11.8 Å². The molecule has 0 saturated carbocycles. The van der Waals surface area contributed by atoms with E-state index < -0.39 is 0 Å². The number of thioether (sulfide) groups is 1. The van der Waals surface area contributed by atoms with Gasteiger partial charge in [-0.25, -0.2) is 0 Å². The Morgan fingerprint density at radius 1 is 1.59 bits per heavy atom. The largest absolute Gasteiger partial charge is 0.384 e. The predicted molar refractivity (Wildman–Crippen MR) is 71.8 cm³/mol. The number of nitrogen functional groups attached to an aromatic ring is 1. The molecule has 1 saturated heterocycles. The number of nitrogens with zero attached hydrogens (tertiary/aromatic N) is 3. The van der Waals surface area contributed by atoms with Crippen molar-refractivity contribution in [1.29, 1.82) is 5.41 Å². The fourth-order valence-corrected chi connectivity index (χ4v) is 3.08. The minimum Gasteiger partial charge on any atom is -0.384 e. The first-order valence-corrected chi connectivity index (χ1v) is 6.70. The molecule has 0 bridgehead atoms. The molecule has 1 aliphatic heterocycles. The molecule has 3 N–H and O–H groups in total. The lowest BCUT2D eigenvalue weighted by Crippen LogP contribution is -2.46. The third kappa shape index (κ3) is 2.36. The third-order valence-electron chi connectivity index (χ3n) is 3.15. The standard InChI is InChI=1S/C11H17N5S/c1-7-8(2)17-6-5-16(7)11-9(10(12)13)3-4-14-15-11/h3-4,7-8H,5-6H2,1-2H3,(H3,12,13). The lowest BCUT2D eigenvalue weighted by Gasteiger charge is -2.38. The first-order chi connectivity index (χ1) is 8.11. The van der Waals surface area contributed by atoms with E-state index in [1.807, 2.05) is 11.8 Å². The Balaban J connectivity index is 2.36. The third-order valence-corrected chi connectivity index (χ3v) is 4.49. The Morgan fingerprint density at radius 3 is 3.06 bits per heavy atom. The van der Waals surface area contributed by atoms with Crippen LogP contribution in [0.1, 0.15) is 19.4 Å². The van der Waals surface area contributed by atoms with Crippen LogP contribution in [0.4, 0.5) is 5.82 Å². The van der Waals surface area contributed by atoms with Crippen LogP contribution in [-0.2, 0) is 0 Å². The number of amidine groups is 1. The highest BCUT2D eigenvalue weighted by molar-refractivity contribution is 8.00. The van der Waals surface area contributed by atoms with E-state index in [4.69, 9.17) is 11.1 Å². The molecule has 0 radical (unpaired) electrons. The molecule has 0 aromatic carbocycles. The Hall–Kier alpha value is -1.30. The van der Waals surface area contributed by atoms with Gasteiger partial charge >= 0.3 is 0 Å². The van der Waals surface area contributed by atoms with Gasteiger partial charge in [0.25, 0.3) is 0 Å². The van der Waals surface area contributed by atoms with E-state index in [0.29, 0.717) is 16.9 Å². The van der Waals surface area contributed by atoms with Crippen LogP contribution in [0, 0.1) is 5.41 Å². The number of anilines is 1. The van der Waals surface area contributed by atoms with Gasteiger partial charge in [-0.1, -0.05) is 6.92 Å². The minimum atomic E-state index is 0.0491. The second-order valence-corrected chi connectivity index (χ2v) is 5.68. The van der Waals surface area contributed by atoms with E-state index in [-0.39, 0.29) is 5.84 Å². The summed E-state index contributed by atoms with van der Waals surface area (Å²) < 4.78 is 0. The van der Waals surface area contributed by atoms with Crippen molar-refractivity contribution in [3.05, 3.63) is 17.8 Å². The number of hydrogen-bond acceptors (Lipinski definition) is 5. The van der Waals surface area contributed by atoms with E-state index >= 15 is 0 Å². The molecule has 0 spiro atoms. The zero-order valence-electron chi connectivity index (χ0n) is 10.1. The van der Waals surface area contributed by atoms with Crippen LogP contribution >= 0.6 is 11.8 Å². The minimum absolute atomic E-state index is 0.0491. The van der Waals surface area contributed by atoms with Gasteiger partial charge < -0.3 is 10.6 Å². The smallest absolute Gasteiger partial charge is 0.162 e. The Labute approximate surface area is 105 Å². The fraction of sp³-hybridized carbons (Fsp3) is 0.545. The number of hydrogen-bond donors (Lipinski definition) is 2. The molecule has 2 rings (SSSR count). The molecule has 6 heteroatoms. The first-order valence-electron chi connectivity index (χ1n) is 5.65. The molecule has 1 fully saturated rings. The second kappa shape index (κ2) is 4.91. The molecular formula is C11H17N5S. The molecule has 17 heavy (non-hydrogen) atoms. The van der Waals surface area contributed by atoms with Crippen molar-refractivity contribution in [2.75, 3.05) is 17.2 Å². The van der Waals surface area contributed by atoms with Crippen LogP contribution in [0.3, 0.4) is 0 Å². The maximum atomic E-state index is 7.59. The molecule has 1 aliphatic rings. The van der Waals surface area contributed by atoms with E-state index in [2.05, 4.69) is 28.9 Å². The van der Waals surface area contributed by atoms with Gasteiger partial charge in [0.1, 0.15) is 5.84 Å². The topological polar surface area (TPSA) is 78.9 Å². The molecule has 0 amide bonds. The maximum Gasteiger partial charge on any atom is 0.162 e. The van der Waals surface area contributed by atoms with Crippen LogP contribution in [0.15, 0.2) is 12.3 Å². The molecule has 2 heterocycles. The monoisotopic (exact) mass is 251 g/mol. The molecule has 2 atom stereocenters. The fourth-order valence-electron chi connectivity index (χ4n) is 1.98. The van der Waals surface area contributed by atoms with Crippen molar-refractivity contribution in [2.45, 2.75) is 25.1 Å². The van der Waals surface area contributed by atoms with Gasteiger partial charge in [-0.15, -0.1) is 5.10 Å². The molecular weight excluding hydrogens is 234 g/mol. The quantitative estimate of drug-likeness (QED) is 0.607. The molecule has 2 unspecified atom stereocenters. The second-order valence-electron chi connectivity index (χ2n) is 4.19. The lowest BCUT2D eigenvalue weighted by atomic mass is 10.1. The van der Waals surface area contributed by atoms with Gasteiger partial charge in [0.15, 0.2) is 5.82 Å². The van der Waals surface area contributed by atoms with E-state index in [1.54, 1.807) is 12.3 Å². The highest BCUT2D eigenvalue weighted by Crippen LogP contribution is 2.29. The van der Waals surface area contributed by atoms with E-state index in [0.717, 1.165) is 18.1 Å². The summed E-state index contributed by atoms with van der Waals surface area (Å²) >= 11 is 1.96. The van der Waals surface area contributed by atoms with Gasteiger partial charge in [-0.05, 0) is 13.0 Å². The van der Waals surface area contributed by atoms with Crippen molar-refractivity contribution in [2.24, 2.45) is 5.73 Å². The average molecular weight is 251 g/mol. The van der Waals surface area contributed by atoms with Gasteiger partial charge in [0, 0.05) is 23.6 Å². The maximum absolute atomic E-state index is 7.59. The van der Waals surface area contributed by atoms with Crippen molar-refractivity contribution in [3.8, 4) is 0 Å². The SMILES string of the molecule is CC1SCCN(c2nnccc2C(=N)N)C1C. The highest BCUT2D eigenvalue weighted by Gasteiger charge is 2.28. The normalized spacial score (nSPS) is 24.7. The summed E-state index contributed by atoms with van der Waals surface area (Å²) in [7, 11) is 0. The molecule has 5 nitrogen and oxygen atoms in total. The van der Waals surface area contributed by atoms with Crippen molar-refractivity contribution in [1.82, 2.24) is 10.2 Å². The van der Waals surface area contributed by atoms with Crippen LogP contribution in [0.5, 0.6) is 0 Å². The van der Waals surface area contributed by atoms with Crippen molar-refractivity contribution in [3.63, 3.8) is 0 Å². The zero-order chi connectivity index (χ0) is 12.4. The van der Waals surface area contributed by atoms with Gasteiger partial charge in [-0.3, -0.25) is 5.41 Å². The number of nitrogens with two attached hydrogens (primary N) is 1. The van der Waals surface area contributed by atoms with E-state index in [9.17, 15) is 0 Å². The van der Waals surface area contributed by atoms with Crippen LogP contribution < -0.4 is 10.6 Å². The molecule has 1 aromatic rings. The zero-order valence-corrected chi connectivity index (χ0v) is 10.9. The van der Waals surface area contributed by atoms with Crippen molar-refractivity contribution >= 4 is 23.4 Å². The Morgan fingerprint density at radius 2 is 2.35 bits per heavy atom. The van der Waals surface area contributed by atoms with Crippen LogP contribution in [0.25, 0.3) is 0 Å². The highest BCUT2D eigenvalue weighted by atomic mass is 32.2. The lowest BCUT2D eigenvalue weighted by molar-refractivity contribution is 0.616. The summed E-state index contributed by atoms with van der Waals surface area (Å²) in [6.07, 6.45) is 1.58. The average Bonchev–Trinajstić information content (AvgIpc) is 2.33. The predicted octanol–water partition coefficient (Wildman–Crippen LogP) is 1.09. The number of aromatic nitrogens is 2. The van der Waals surface area contributed by atoms with E-state index in [1.165, 1.54) is 0 Å². The molecule has 1 aromatic heterocycles. The summed E-state index contributed by atoms with van der Waals surface area (Å²) in [5.41, 5.74) is 6.26. The number of rotatable bonds is 2. The number of nitrogens with one attached hydrogen (secondary N) is 1. The summed E-state index contributed by atoms with van der Waals surface area (Å²) in [5.74, 6) is 1.85. The van der Waals surface area contributed by atoms with Crippen molar-refractivity contribution < 1.29 is 0 Å². The van der Waals surface area contributed by atoms with Crippen LogP contribution in [-0.4, -0.2) is 39.6 Å². The van der Waals surface area contributed by atoms with Crippen LogP contribution in [0.2, 0.25) is 0 Å². The molecule has 0 aliphatic carbocycles. The summed E-state index contributed by atoms with van der Waals surface area (Å²) in [6.45, 7) is 5.32. The molecule has 92 valence electrons. The van der Waals surface area contributed by atoms with Gasteiger partial charge in [-0.2, -0.15) is 16.9 Å².